The first-order chi connectivity index (χ1) is 8.72. The van der Waals surface area contributed by atoms with Crippen molar-refractivity contribution in [2.24, 2.45) is 0 Å². The van der Waals surface area contributed by atoms with Crippen molar-refractivity contribution in [1.82, 2.24) is 10.3 Å². The molecule has 1 aliphatic rings. The number of rotatable bonds is 5. The lowest BCUT2D eigenvalue weighted by Crippen LogP contribution is -2.20. The summed E-state index contributed by atoms with van der Waals surface area (Å²) in [6.45, 7) is 8.33. The van der Waals surface area contributed by atoms with E-state index in [9.17, 15) is 0 Å². The van der Waals surface area contributed by atoms with E-state index in [2.05, 4.69) is 37.1 Å². The van der Waals surface area contributed by atoms with E-state index in [-0.39, 0.29) is 0 Å². The highest BCUT2D eigenvalue weighted by molar-refractivity contribution is 8.00. The minimum Gasteiger partial charge on any atom is -0.377 e. The summed E-state index contributed by atoms with van der Waals surface area (Å²) in [7, 11) is 0. The molecule has 1 saturated heterocycles. The number of hydrogen-bond acceptors (Lipinski definition) is 4. The minimum atomic E-state index is 0.333. The second-order valence-corrected chi connectivity index (χ2v) is 5.93. The predicted octanol–water partition coefficient (Wildman–Crippen LogP) is 3.02. The molecular formula is C14H22N2OS. The maximum atomic E-state index is 5.62. The van der Waals surface area contributed by atoms with Gasteiger partial charge in [0.2, 0.25) is 0 Å². The van der Waals surface area contributed by atoms with Gasteiger partial charge in [-0.1, -0.05) is 24.8 Å². The number of aromatic nitrogens is 1. The van der Waals surface area contributed by atoms with Crippen LogP contribution in [0.4, 0.5) is 0 Å². The highest BCUT2D eigenvalue weighted by atomic mass is 32.2. The summed E-state index contributed by atoms with van der Waals surface area (Å²) in [6, 6.07) is 4.54. The zero-order chi connectivity index (χ0) is 13.0. The van der Waals surface area contributed by atoms with Crippen molar-refractivity contribution in [2.75, 3.05) is 13.2 Å². The van der Waals surface area contributed by atoms with Crippen molar-refractivity contribution in [3.05, 3.63) is 23.9 Å². The molecular weight excluding hydrogens is 244 g/mol. The van der Waals surface area contributed by atoms with Crippen molar-refractivity contribution in [1.29, 1.82) is 0 Å². The van der Waals surface area contributed by atoms with Crippen LogP contribution in [0.2, 0.25) is 0 Å². The average Bonchev–Trinajstić information content (AvgIpc) is 2.76. The molecule has 3 unspecified atom stereocenters. The van der Waals surface area contributed by atoms with E-state index in [1.807, 2.05) is 24.0 Å². The van der Waals surface area contributed by atoms with Gasteiger partial charge in [0.1, 0.15) is 5.03 Å². The maximum absolute atomic E-state index is 5.62. The van der Waals surface area contributed by atoms with Crippen LogP contribution in [0.3, 0.4) is 0 Å². The fourth-order valence-electron chi connectivity index (χ4n) is 2.26. The SMILES string of the molecule is CCNC(C)c1cccnc1SC1CCOC1C. The van der Waals surface area contributed by atoms with Crippen LogP contribution in [0.25, 0.3) is 0 Å². The summed E-state index contributed by atoms with van der Waals surface area (Å²) in [5.74, 6) is 0. The standard InChI is InChI=1S/C14H22N2OS/c1-4-15-10(2)12-6-5-8-16-14(12)18-13-7-9-17-11(13)3/h5-6,8,10-11,13,15H,4,7,9H2,1-3H3. The highest BCUT2D eigenvalue weighted by Gasteiger charge is 2.26. The summed E-state index contributed by atoms with van der Waals surface area (Å²) < 4.78 is 5.62. The zero-order valence-electron chi connectivity index (χ0n) is 11.3. The van der Waals surface area contributed by atoms with E-state index in [1.165, 1.54) is 5.56 Å². The molecule has 1 N–H and O–H groups in total. The first kappa shape index (κ1) is 13.8. The Morgan fingerprint density at radius 2 is 2.44 bits per heavy atom. The third kappa shape index (κ3) is 3.25. The predicted molar refractivity (Wildman–Crippen MR) is 76.0 cm³/mol. The number of nitrogens with one attached hydrogen (secondary N) is 1. The zero-order valence-corrected chi connectivity index (χ0v) is 12.2. The summed E-state index contributed by atoms with van der Waals surface area (Å²) in [5, 5.41) is 5.13. The van der Waals surface area contributed by atoms with Gasteiger partial charge in [-0.25, -0.2) is 4.98 Å². The Hall–Kier alpha value is -0.580. The van der Waals surface area contributed by atoms with Gasteiger partial charge >= 0.3 is 0 Å². The first-order valence-corrected chi connectivity index (χ1v) is 7.57. The molecule has 0 bridgehead atoms. The Morgan fingerprint density at radius 3 is 3.11 bits per heavy atom. The van der Waals surface area contributed by atoms with Gasteiger partial charge in [0.25, 0.3) is 0 Å². The van der Waals surface area contributed by atoms with Gasteiger partial charge in [0.05, 0.1) is 6.10 Å². The Labute approximate surface area is 114 Å². The molecule has 0 aliphatic carbocycles. The topological polar surface area (TPSA) is 34.2 Å². The molecule has 0 amide bonds. The smallest absolute Gasteiger partial charge is 0.101 e. The van der Waals surface area contributed by atoms with E-state index in [0.717, 1.165) is 24.6 Å². The van der Waals surface area contributed by atoms with Gasteiger partial charge in [-0.15, -0.1) is 0 Å². The first-order valence-electron chi connectivity index (χ1n) is 6.69. The van der Waals surface area contributed by atoms with Crippen molar-refractivity contribution in [2.45, 2.75) is 49.6 Å². The van der Waals surface area contributed by atoms with Gasteiger partial charge in [-0.3, -0.25) is 0 Å². The number of thioether (sulfide) groups is 1. The second-order valence-electron chi connectivity index (χ2n) is 4.70. The molecule has 18 heavy (non-hydrogen) atoms. The minimum absolute atomic E-state index is 0.333. The van der Waals surface area contributed by atoms with E-state index < -0.39 is 0 Å². The molecule has 100 valence electrons. The Balaban J connectivity index is 2.11. The molecule has 3 atom stereocenters. The van der Waals surface area contributed by atoms with Crippen LogP contribution in [0.15, 0.2) is 23.4 Å². The molecule has 2 heterocycles. The normalized spacial score (nSPS) is 25.3. The van der Waals surface area contributed by atoms with Gasteiger partial charge in [-0.2, -0.15) is 0 Å². The van der Waals surface area contributed by atoms with Crippen LogP contribution in [0, 0.1) is 0 Å². The van der Waals surface area contributed by atoms with Crippen LogP contribution >= 0.6 is 11.8 Å². The lowest BCUT2D eigenvalue weighted by molar-refractivity contribution is 0.127. The van der Waals surface area contributed by atoms with Gasteiger partial charge in [0.15, 0.2) is 0 Å². The lowest BCUT2D eigenvalue weighted by atomic mass is 10.1. The Bertz CT molecular complexity index is 386. The molecule has 0 radical (unpaired) electrons. The van der Waals surface area contributed by atoms with Gasteiger partial charge in [-0.05, 0) is 32.9 Å². The number of ether oxygens (including phenoxy) is 1. The maximum Gasteiger partial charge on any atom is 0.101 e. The number of nitrogens with zero attached hydrogens (tertiary/aromatic N) is 1. The Morgan fingerprint density at radius 1 is 1.61 bits per heavy atom. The second kappa shape index (κ2) is 6.55. The van der Waals surface area contributed by atoms with Crippen molar-refractivity contribution in [3.63, 3.8) is 0 Å². The van der Waals surface area contributed by atoms with E-state index in [1.54, 1.807) is 0 Å². The van der Waals surface area contributed by atoms with Crippen molar-refractivity contribution >= 4 is 11.8 Å². The number of pyridine rings is 1. The third-order valence-corrected chi connectivity index (χ3v) is 4.83. The van der Waals surface area contributed by atoms with Crippen LogP contribution in [-0.4, -0.2) is 29.5 Å². The van der Waals surface area contributed by atoms with Gasteiger partial charge < -0.3 is 10.1 Å². The van der Waals surface area contributed by atoms with Crippen LogP contribution in [0.1, 0.15) is 38.8 Å². The van der Waals surface area contributed by atoms with Crippen molar-refractivity contribution in [3.8, 4) is 0 Å². The number of hydrogen-bond donors (Lipinski definition) is 1. The largest absolute Gasteiger partial charge is 0.377 e. The third-order valence-electron chi connectivity index (χ3n) is 3.35. The van der Waals surface area contributed by atoms with E-state index in [4.69, 9.17) is 4.74 Å². The quantitative estimate of drug-likeness (QED) is 0.888. The molecule has 2 rings (SSSR count). The molecule has 3 nitrogen and oxygen atoms in total. The molecule has 1 aliphatic heterocycles. The summed E-state index contributed by atoms with van der Waals surface area (Å²) in [5.41, 5.74) is 1.29. The Kier molecular flexibility index (Phi) is 5.03. The summed E-state index contributed by atoms with van der Waals surface area (Å²) in [6.07, 6.45) is 3.34. The highest BCUT2D eigenvalue weighted by Crippen LogP contribution is 2.34. The monoisotopic (exact) mass is 266 g/mol. The van der Waals surface area contributed by atoms with E-state index >= 15 is 0 Å². The van der Waals surface area contributed by atoms with Crippen LogP contribution < -0.4 is 5.32 Å². The summed E-state index contributed by atoms with van der Waals surface area (Å²) >= 11 is 1.86. The molecule has 4 heteroatoms. The fraction of sp³-hybridized carbons (Fsp3) is 0.643. The molecule has 0 saturated carbocycles. The molecule has 1 aromatic heterocycles. The summed E-state index contributed by atoms with van der Waals surface area (Å²) in [4.78, 5) is 4.55. The van der Waals surface area contributed by atoms with Gasteiger partial charge in [0, 0.05) is 29.7 Å². The lowest BCUT2D eigenvalue weighted by Gasteiger charge is -2.19. The van der Waals surface area contributed by atoms with Crippen molar-refractivity contribution < 1.29 is 4.74 Å². The molecule has 1 aromatic rings. The van der Waals surface area contributed by atoms with Crippen LogP contribution in [0.5, 0.6) is 0 Å². The van der Waals surface area contributed by atoms with Crippen LogP contribution in [-0.2, 0) is 4.74 Å². The molecule has 1 fully saturated rings. The van der Waals surface area contributed by atoms with E-state index in [0.29, 0.717) is 17.4 Å². The average molecular weight is 266 g/mol. The molecule has 0 spiro atoms. The fourth-order valence-corrected chi connectivity index (χ4v) is 3.53. The molecule has 0 aromatic carbocycles.